The van der Waals surface area contributed by atoms with E-state index in [0.717, 1.165) is 0 Å². The lowest BCUT2D eigenvalue weighted by Gasteiger charge is -2.10. The van der Waals surface area contributed by atoms with Gasteiger partial charge in [0, 0.05) is 23.4 Å². The van der Waals surface area contributed by atoms with Gasteiger partial charge < -0.3 is 0 Å². The Labute approximate surface area is 105 Å². The largest absolute Gasteiger partial charge is 0.270 e. The Balaban J connectivity index is 2.02. The first-order chi connectivity index (χ1) is 8.74. The van der Waals surface area contributed by atoms with Crippen LogP contribution < -0.4 is 0 Å². The molecule has 0 saturated heterocycles. The van der Waals surface area contributed by atoms with Gasteiger partial charge in [0.15, 0.2) is 0 Å². The van der Waals surface area contributed by atoms with Crippen LogP contribution in [-0.4, -0.2) is 36.7 Å². The molecule has 0 unspecified atom stereocenters. The zero-order chi connectivity index (χ0) is 12.5. The molecule has 0 bridgehead atoms. The Bertz CT molecular complexity index is 652. The highest BCUT2D eigenvalue weighted by Gasteiger charge is 2.18. The molecular formula is C9H6N6O2S. The van der Waals surface area contributed by atoms with Gasteiger partial charge in [0.25, 0.3) is 5.69 Å². The summed E-state index contributed by atoms with van der Waals surface area (Å²) in [5.41, 5.74) is 1.46. The molecule has 8 nitrogen and oxygen atoms in total. The van der Waals surface area contributed by atoms with E-state index in [1.165, 1.54) is 28.7 Å². The van der Waals surface area contributed by atoms with E-state index in [4.69, 9.17) is 0 Å². The van der Waals surface area contributed by atoms with Crippen LogP contribution in [0.1, 0.15) is 5.56 Å². The zero-order valence-corrected chi connectivity index (χ0v) is 9.74. The van der Waals surface area contributed by atoms with Crippen molar-refractivity contribution in [2.24, 2.45) is 5.10 Å². The average molecular weight is 262 g/mol. The van der Waals surface area contributed by atoms with E-state index in [9.17, 15) is 10.1 Å². The molecular weight excluding hydrogens is 256 g/mol. The van der Waals surface area contributed by atoms with Crippen LogP contribution in [0.2, 0.25) is 0 Å². The van der Waals surface area contributed by atoms with Crippen LogP contribution in [0, 0.1) is 10.1 Å². The summed E-state index contributed by atoms with van der Waals surface area (Å²) in [7, 11) is 0. The number of aromatic nitrogens is 4. The van der Waals surface area contributed by atoms with Crippen molar-refractivity contribution in [3.8, 4) is 0 Å². The van der Waals surface area contributed by atoms with Crippen molar-refractivity contribution in [1.82, 2.24) is 20.3 Å². The number of rotatable bonds is 2. The van der Waals surface area contributed by atoms with Gasteiger partial charge in [-0.25, -0.2) is 0 Å². The maximum absolute atomic E-state index is 10.7. The molecule has 0 radical (unpaired) electrons. The molecule has 1 aliphatic rings. The topological polar surface area (TPSA) is 99.1 Å². The van der Waals surface area contributed by atoms with E-state index < -0.39 is 4.92 Å². The van der Waals surface area contributed by atoms with Gasteiger partial charge in [-0.15, -0.1) is 9.89 Å². The average Bonchev–Trinajstić information content (AvgIpc) is 2.86. The highest BCUT2D eigenvalue weighted by atomic mass is 32.2. The van der Waals surface area contributed by atoms with Crippen molar-refractivity contribution in [3.05, 3.63) is 39.9 Å². The summed E-state index contributed by atoms with van der Waals surface area (Å²) in [4.78, 5) is 11.6. The smallest absolute Gasteiger partial charge is 0.258 e. The van der Waals surface area contributed by atoms with Crippen LogP contribution in [-0.2, 0) is 0 Å². The number of fused-ring (bicyclic) bond motifs is 1. The molecule has 0 saturated carbocycles. The molecule has 0 fully saturated rings. The van der Waals surface area contributed by atoms with E-state index in [0.29, 0.717) is 22.2 Å². The standard InChI is InChI=1S/C9H6N6O2S/c16-15(17)7-3-1-2-6(4-7)8-5-18-9-10-12-13-14(9)11-8/h1-4H,5H2. The summed E-state index contributed by atoms with van der Waals surface area (Å²) in [6, 6.07) is 6.36. The second kappa shape index (κ2) is 4.18. The second-order valence-electron chi connectivity index (χ2n) is 3.49. The van der Waals surface area contributed by atoms with Gasteiger partial charge in [-0.2, -0.15) is 0 Å². The number of benzene rings is 1. The molecule has 0 aliphatic carbocycles. The molecule has 3 rings (SSSR count). The number of tetrazole rings is 1. The maximum Gasteiger partial charge on any atom is 0.270 e. The maximum atomic E-state index is 10.7. The highest BCUT2D eigenvalue weighted by Crippen LogP contribution is 2.22. The van der Waals surface area contributed by atoms with E-state index in [2.05, 4.69) is 20.6 Å². The molecule has 0 N–H and O–H groups in total. The van der Waals surface area contributed by atoms with Crippen LogP contribution in [0.4, 0.5) is 5.69 Å². The Morgan fingerprint density at radius 3 is 3.17 bits per heavy atom. The van der Waals surface area contributed by atoms with E-state index in [1.807, 2.05) is 0 Å². The summed E-state index contributed by atoms with van der Waals surface area (Å²) in [6.45, 7) is 0. The predicted molar refractivity (Wildman–Crippen MR) is 63.6 cm³/mol. The van der Waals surface area contributed by atoms with E-state index in [-0.39, 0.29) is 5.69 Å². The van der Waals surface area contributed by atoms with Crippen molar-refractivity contribution in [3.63, 3.8) is 0 Å². The quantitative estimate of drug-likeness (QED) is 0.590. The SMILES string of the molecule is O=[N+]([O-])c1cccc(C2=Nn3nnnc3SC2)c1. The minimum absolute atomic E-state index is 0.0442. The first-order valence-electron chi connectivity index (χ1n) is 4.98. The monoisotopic (exact) mass is 262 g/mol. The summed E-state index contributed by atoms with van der Waals surface area (Å²) in [6.07, 6.45) is 0. The lowest BCUT2D eigenvalue weighted by Crippen LogP contribution is -2.14. The van der Waals surface area contributed by atoms with Crippen LogP contribution in [0.25, 0.3) is 0 Å². The van der Waals surface area contributed by atoms with E-state index in [1.54, 1.807) is 12.1 Å². The highest BCUT2D eigenvalue weighted by molar-refractivity contribution is 7.99. The van der Waals surface area contributed by atoms with Gasteiger partial charge in [-0.1, -0.05) is 29.0 Å². The van der Waals surface area contributed by atoms with Crippen molar-refractivity contribution in [2.45, 2.75) is 5.16 Å². The van der Waals surface area contributed by atoms with Crippen LogP contribution in [0.5, 0.6) is 0 Å². The summed E-state index contributed by atoms with van der Waals surface area (Å²) in [5, 5.41) is 26.5. The fraction of sp³-hybridized carbons (Fsp3) is 0.111. The molecule has 18 heavy (non-hydrogen) atoms. The summed E-state index contributed by atoms with van der Waals surface area (Å²) in [5.74, 6) is 0.585. The number of nitro benzene ring substituents is 1. The van der Waals surface area contributed by atoms with Crippen molar-refractivity contribution in [1.29, 1.82) is 0 Å². The number of nitrogens with zero attached hydrogens (tertiary/aromatic N) is 6. The van der Waals surface area contributed by atoms with Gasteiger partial charge in [0.05, 0.1) is 10.6 Å². The Kier molecular flexibility index (Phi) is 2.52. The van der Waals surface area contributed by atoms with Crippen molar-refractivity contribution >= 4 is 23.2 Å². The number of non-ortho nitro benzene ring substituents is 1. The Hall–Kier alpha value is -2.29. The van der Waals surface area contributed by atoms with Gasteiger partial charge in [-0.3, -0.25) is 10.1 Å². The minimum atomic E-state index is -0.428. The molecule has 2 aromatic rings. The minimum Gasteiger partial charge on any atom is -0.258 e. The Morgan fingerprint density at radius 1 is 1.44 bits per heavy atom. The van der Waals surface area contributed by atoms with Crippen LogP contribution in [0.15, 0.2) is 34.5 Å². The van der Waals surface area contributed by atoms with Gasteiger partial charge >= 0.3 is 0 Å². The molecule has 90 valence electrons. The third kappa shape index (κ3) is 1.84. The van der Waals surface area contributed by atoms with Crippen LogP contribution in [0.3, 0.4) is 0 Å². The molecule has 9 heteroatoms. The van der Waals surface area contributed by atoms with Crippen molar-refractivity contribution < 1.29 is 4.92 Å². The zero-order valence-electron chi connectivity index (χ0n) is 8.92. The van der Waals surface area contributed by atoms with Gasteiger partial charge in [0.2, 0.25) is 5.16 Å². The lowest BCUT2D eigenvalue weighted by atomic mass is 10.1. The van der Waals surface area contributed by atoms with Crippen LogP contribution >= 0.6 is 11.8 Å². The molecule has 0 spiro atoms. The molecule has 0 atom stereocenters. The lowest BCUT2D eigenvalue weighted by molar-refractivity contribution is -0.384. The summed E-state index contributed by atoms with van der Waals surface area (Å²) >= 11 is 1.44. The second-order valence-corrected chi connectivity index (χ2v) is 4.44. The predicted octanol–water partition coefficient (Wildman–Crippen LogP) is 0.939. The fourth-order valence-corrected chi connectivity index (χ4v) is 2.32. The molecule has 1 aliphatic heterocycles. The Morgan fingerprint density at radius 2 is 2.33 bits per heavy atom. The van der Waals surface area contributed by atoms with Crippen molar-refractivity contribution in [2.75, 3.05) is 5.75 Å². The number of nitro groups is 1. The first kappa shape index (κ1) is 10.8. The molecule has 2 heterocycles. The van der Waals surface area contributed by atoms with Gasteiger partial charge in [-0.05, 0) is 10.4 Å². The molecule has 1 aromatic carbocycles. The third-order valence-electron chi connectivity index (χ3n) is 2.37. The molecule has 1 aromatic heterocycles. The normalized spacial score (nSPS) is 13.9. The first-order valence-corrected chi connectivity index (χ1v) is 5.96. The molecule has 0 amide bonds. The third-order valence-corrected chi connectivity index (χ3v) is 3.29. The number of hydrogen-bond donors (Lipinski definition) is 0. The van der Waals surface area contributed by atoms with Gasteiger partial charge in [0.1, 0.15) is 0 Å². The number of hydrogen-bond acceptors (Lipinski definition) is 7. The fourth-order valence-electron chi connectivity index (χ4n) is 1.54. The van der Waals surface area contributed by atoms with E-state index >= 15 is 0 Å². The number of thioether (sulfide) groups is 1. The summed E-state index contributed by atoms with van der Waals surface area (Å²) < 4.78 is 0.